The number of benzene rings is 2. The lowest BCUT2D eigenvalue weighted by Crippen LogP contribution is -2.31. The van der Waals surface area contributed by atoms with Gasteiger partial charge in [-0.1, -0.05) is 23.7 Å². The summed E-state index contributed by atoms with van der Waals surface area (Å²) < 4.78 is 51.4. The second-order valence-corrected chi connectivity index (χ2v) is 5.88. The van der Waals surface area contributed by atoms with Crippen molar-refractivity contribution in [2.45, 2.75) is 19.1 Å². The van der Waals surface area contributed by atoms with Crippen molar-refractivity contribution in [2.24, 2.45) is 0 Å². The first-order valence-corrected chi connectivity index (χ1v) is 7.65. The van der Waals surface area contributed by atoms with E-state index in [1.165, 1.54) is 18.2 Å². The Morgan fingerprint density at radius 3 is 2.33 bits per heavy atom. The number of anilines is 1. The molecular formula is C16H13ClF4N2S. The Kier molecular flexibility index (Phi) is 5.66. The van der Waals surface area contributed by atoms with E-state index in [4.69, 9.17) is 23.8 Å². The maximum Gasteiger partial charge on any atom is 0.417 e. The maximum absolute atomic E-state index is 12.9. The summed E-state index contributed by atoms with van der Waals surface area (Å²) in [5, 5.41) is 5.36. The smallest absolute Gasteiger partial charge is 0.356 e. The molecule has 0 aliphatic rings. The van der Waals surface area contributed by atoms with Crippen molar-refractivity contribution in [3.05, 3.63) is 64.4 Å². The van der Waals surface area contributed by atoms with E-state index in [1.807, 2.05) is 0 Å². The summed E-state index contributed by atoms with van der Waals surface area (Å²) in [4.78, 5) is 0. The van der Waals surface area contributed by atoms with Crippen molar-refractivity contribution in [1.82, 2.24) is 5.32 Å². The number of rotatable bonds is 3. The number of hydrogen-bond acceptors (Lipinski definition) is 1. The fourth-order valence-electron chi connectivity index (χ4n) is 2.02. The molecule has 0 heterocycles. The number of thiocarbonyl (C=S) groups is 1. The fourth-order valence-corrected chi connectivity index (χ4v) is 2.54. The van der Waals surface area contributed by atoms with Gasteiger partial charge in [0.1, 0.15) is 5.82 Å². The lowest BCUT2D eigenvalue weighted by Gasteiger charge is -2.18. The number of nitrogens with one attached hydrogen (secondary N) is 2. The van der Waals surface area contributed by atoms with Crippen LogP contribution in [0.25, 0.3) is 0 Å². The van der Waals surface area contributed by atoms with Gasteiger partial charge in [0.05, 0.1) is 16.6 Å². The van der Waals surface area contributed by atoms with Crippen LogP contribution in [0.3, 0.4) is 0 Å². The van der Waals surface area contributed by atoms with E-state index < -0.39 is 11.7 Å². The van der Waals surface area contributed by atoms with Crippen molar-refractivity contribution in [1.29, 1.82) is 0 Å². The Balaban J connectivity index is 2.06. The SMILES string of the molecule is C[C@H](NC(=S)Nc1ccc(Cl)c(C(F)(F)F)c1)c1ccc(F)cc1. The van der Waals surface area contributed by atoms with Gasteiger partial charge in [-0.05, 0) is 55.0 Å². The summed E-state index contributed by atoms with van der Waals surface area (Å²) in [6.45, 7) is 1.80. The third-order valence-electron chi connectivity index (χ3n) is 3.25. The average Bonchev–Trinajstić information content (AvgIpc) is 2.48. The Labute approximate surface area is 146 Å². The van der Waals surface area contributed by atoms with Gasteiger partial charge in [-0.15, -0.1) is 0 Å². The molecule has 0 aromatic heterocycles. The minimum atomic E-state index is -4.55. The molecule has 0 saturated carbocycles. The third kappa shape index (κ3) is 4.82. The first kappa shape index (κ1) is 18.5. The Morgan fingerprint density at radius 1 is 1.12 bits per heavy atom. The molecule has 0 radical (unpaired) electrons. The van der Waals surface area contributed by atoms with Crippen LogP contribution in [-0.4, -0.2) is 5.11 Å². The number of hydrogen-bond donors (Lipinski definition) is 2. The number of halogens is 5. The standard InChI is InChI=1S/C16H13ClF4N2S/c1-9(10-2-4-11(18)5-3-10)22-15(24)23-12-6-7-14(17)13(8-12)16(19,20)21/h2-9H,1H3,(H2,22,23,24)/t9-/m0/s1. The Hall–Kier alpha value is -1.86. The van der Waals surface area contributed by atoms with E-state index in [1.54, 1.807) is 19.1 Å². The first-order valence-electron chi connectivity index (χ1n) is 6.86. The highest BCUT2D eigenvalue weighted by atomic mass is 35.5. The molecule has 2 rings (SSSR count). The van der Waals surface area contributed by atoms with Gasteiger partial charge >= 0.3 is 6.18 Å². The Morgan fingerprint density at radius 2 is 1.75 bits per heavy atom. The summed E-state index contributed by atoms with van der Waals surface area (Å²) >= 11 is 10.7. The third-order valence-corrected chi connectivity index (χ3v) is 3.80. The van der Waals surface area contributed by atoms with Gasteiger partial charge in [-0.25, -0.2) is 4.39 Å². The lowest BCUT2D eigenvalue weighted by molar-refractivity contribution is -0.137. The van der Waals surface area contributed by atoms with Crippen molar-refractivity contribution in [3.63, 3.8) is 0 Å². The van der Waals surface area contributed by atoms with Crippen LogP contribution in [0.1, 0.15) is 24.1 Å². The molecule has 0 bridgehead atoms. The molecule has 2 aromatic rings. The maximum atomic E-state index is 12.9. The van der Waals surface area contributed by atoms with Gasteiger partial charge in [0.2, 0.25) is 0 Å². The van der Waals surface area contributed by atoms with Crippen LogP contribution in [-0.2, 0) is 6.18 Å². The van der Waals surface area contributed by atoms with Crippen molar-refractivity contribution < 1.29 is 17.6 Å². The quantitative estimate of drug-likeness (QED) is 0.543. The van der Waals surface area contributed by atoms with Crippen LogP contribution in [0.15, 0.2) is 42.5 Å². The van der Waals surface area contributed by atoms with Crippen LogP contribution < -0.4 is 10.6 Å². The zero-order chi connectivity index (χ0) is 17.9. The lowest BCUT2D eigenvalue weighted by atomic mass is 10.1. The van der Waals surface area contributed by atoms with Gasteiger partial charge < -0.3 is 10.6 Å². The first-order chi connectivity index (χ1) is 11.2. The molecule has 0 fully saturated rings. The topological polar surface area (TPSA) is 24.1 Å². The molecule has 0 amide bonds. The second-order valence-electron chi connectivity index (χ2n) is 5.06. The normalized spacial score (nSPS) is 12.6. The van der Waals surface area contributed by atoms with Crippen molar-refractivity contribution in [3.8, 4) is 0 Å². The summed E-state index contributed by atoms with van der Waals surface area (Å²) in [7, 11) is 0. The summed E-state index contributed by atoms with van der Waals surface area (Å²) in [6.07, 6.45) is -4.55. The molecule has 128 valence electrons. The molecule has 2 aromatic carbocycles. The largest absolute Gasteiger partial charge is 0.417 e. The van der Waals surface area contributed by atoms with Gasteiger partial charge in [0.25, 0.3) is 0 Å². The predicted molar refractivity (Wildman–Crippen MR) is 90.6 cm³/mol. The highest BCUT2D eigenvalue weighted by molar-refractivity contribution is 7.80. The molecule has 2 N–H and O–H groups in total. The molecular weight excluding hydrogens is 364 g/mol. The minimum absolute atomic E-state index is 0.141. The van der Waals surface area contributed by atoms with Crippen LogP contribution in [0.5, 0.6) is 0 Å². The van der Waals surface area contributed by atoms with Crippen molar-refractivity contribution >= 4 is 34.6 Å². The van der Waals surface area contributed by atoms with Crippen LogP contribution in [0.2, 0.25) is 5.02 Å². The van der Waals surface area contributed by atoms with Crippen LogP contribution in [0, 0.1) is 5.82 Å². The van der Waals surface area contributed by atoms with Gasteiger partial charge in [-0.2, -0.15) is 13.2 Å². The summed E-state index contributed by atoms with van der Waals surface area (Å²) in [5.41, 5.74) is 0.00622. The molecule has 0 aliphatic carbocycles. The molecule has 0 unspecified atom stereocenters. The molecule has 24 heavy (non-hydrogen) atoms. The zero-order valence-electron chi connectivity index (χ0n) is 12.4. The van der Waals surface area contributed by atoms with Crippen LogP contribution >= 0.6 is 23.8 Å². The zero-order valence-corrected chi connectivity index (χ0v) is 14.0. The average molecular weight is 377 g/mol. The van der Waals surface area contributed by atoms with E-state index in [9.17, 15) is 17.6 Å². The molecule has 0 saturated heterocycles. The summed E-state index contributed by atoms with van der Waals surface area (Å²) in [5.74, 6) is -0.354. The van der Waals surface area contributed by atoms with Gasteiger partial charge in [-0.3, -0.25) is 0 Å². The number of alkyl halides is 3. The molecule has 0 spiro atoms. The van der Waals surface area contributed by atoms with Gasteiger partial charge in [0.15, 0.2) is 5.11 Å². The van der Waals surface area contributed by atoms with E-state index >= 15 is 0 Å². The highest BCUT2D eigenvalue weighted by Crippen LogP contribution is 2.36. The van der Waals surface area contributed by atoms with E-state index in [0.717, 1.165) is 17.7 Å². The molecule has 1 atom stereocenters. The molecule has 2 nitrogen and oxygen atoms in total. The van der Waals surface area contributed by atoms with Crippen LogP contribution in [0.4, 0.5) is 23.2 Å². The van der Waals surface area contributed by atoms with E-state index in [2.05, 4.69) is 10.6 Å². The highest BCUT2D eigenvalue weighted by Gasteiger charge is 2.33. The fraction of sp³-hybridized carbons (Fsp3) is 0.188. The van der Waals surface area contributed by atoms with E-state index in [0.29, 0.717) is 0 Å². The summed E-state index contributed by atoms with van der Waals surface area (Å²) in [6, 6.07) is 9.02. The van der Waals surface area contributed by atoms with E-state index in [-0.39, 0.29) is 27.7 Å². The minimum Gasteiger partial charge on any atom is -0.356 e. The van der Waals surface area contributed by atoms with Crippen molar-refractivity contribution in [2.75, 3.05) is 5.32 Å². The Bertz CT molecular complexity index is 732. The second kappa shape index (κ2) is 7.36. The molecule has 8 heteroatoms. The monoisotopic (exact) mass is 376 g/mol. The predicted octanol–water partition coefficient (Wildman–Crippen LogP) is 5.55. The van der Waals surface area contributed by atoms with Gasteiger partial charge in [0, 0.05) is 5.69 Å². The molecule has 0 aliphatic heterocycles.